The second kappa shape index (κ2) is 21.2. The van der Waals surface area contributed by atoms with E-state index in [0.717, 1.165) is 18.4 Å². The highest BCUT2D eigenvalue weighted by atomic mass is 19.4. The average molecular weight is 606 g/mol. The van der Waals surface area contributed by atoms with E-state index in [9.17, 15) is 22.8 Å². The Hall–Kier alpha value is -3.59. The monoisotopic (exact) mass is 605 g/mol. The molecule has 43 heavy (non-hydrogen) atoms. The van der Waals surface area contributed by atoms with Gasteiger partial charge in [0.1, 0.15) is 6.54 Å². The molecule has 0 bridgehead atoms. The molecular weight excluding hydrogens is 555 g/mol. The third-order valence-electron chi connectivity index (χ3n) is 6.86. The lowest BCUT2D eigenvalue weighted by molar-refractivity contribution is -0.142. The summed E-state index contributed by atoms with van der Waals surface area (Å²) in [7, 11) is 0. The molecule has 9 heteroatoms. The van der Waals surface area contributed by atoms with Gasteiger partial charge in [-0.1, -0.05) is 62.5 Å². The van der Waals surface area contributed by atoms with Crippen LogP contribution in [0.4, 0.5) is 13.2 Å². The number of carbonyl (C=O) groups excluding carboxylic acids is 2. The predicted octanol–water partition coefficient (Wildman–Crippen LogP) is 7.92. The minimum atomic E-state index is -4.53. The van der Waals surface area contributed by atoms with Gasteiger partial charge in [0.15, 0.2) is 5.76 Å². The molecule has 6 nitrogen and oxygen atoms in total. The van der Waals surface area contributed by atoms with Crippen LogP contribution in [0.1, 0.15) is 75.9 Å². The maximum absolute atomic E-state index is 13.5. The minimum absolute atomic E-state index is 0.0187. The quantitative estimate of drug-likeness (QED) is 0.0902. The number of alkyl halides is 3. The van der Waals surface area contributed by atoms with Crippen LogP contribution < -0.4 is 16.0 Å². The number of allylic oxidation sites excluding steroid dienone is 7. The van der Waals surface area contributed by atoms with Crippen LogP contribution in [-0.4, -0.2) is 43.7 Å². The molecule has 1 heterocycles. The molecule has 2 atom stereocenters. The molecule has 0 saturated carbocycles. The normalized spacial score (nSPS) is 14.4. The van der Waals surface area contributed by atoms with Crippen LogP contribution in [0.3, 0.4) is 0 Å². The van der Waals surface area contributed by atoms with Gasteiger partial charge < -0.3 is 20.4 Å². The molecule has 0 aliphatic carbocycles. The van der Waals surface area contributed by atoms with Crippen molar-refractivity contribution in [2.75, 3.05) is 19.6 Å². The highest BCUT2D eigenvalue weighted by Gasteiger charge is 2.43. The zero-order valence-electron chi connectivity index (χ0n) is 26.4. The summed E-state index contributed by atoms with van der Waals surface area (Å²) in [5, 5.41) is 8.48. The van der Waals surface area contributed by atoms with E-state index >= 15 is 0 Å². The fourth-order valence-electron chi connectivity index (χ4n) is 4.58. The van der Waals surface area contributed by atoms with Crippen molar-refractivity contribution in [1.29, 1.82) is 0 Å². The summed E-state index contributed by atoms with van der Waals surface area (Å²) in [6, 6.07) is 1.73. The maximum atomic E-state index is 13.5. The number of hydrogen-bond acceptors (Lipinski definition) is 4. The van der Waals surface area contributed by atoms with Crippen LogP contribution in [0.2, 0.25) is 0 Å². The Morgan fingerprint density at radius 3 is 2.28 bits per heavy atom. The highest BCUT2D eigenvalue weighted by molar-refractivity contribution is 5.93. The van der Waals surface area contributed by atoms with E-state index in [2.05, 4.69) is 35.7 Å². The molecule has 0 aliphatic heterocycles. The molecule has 240 valence electrons. The van der Waals surface area contributed by atoms with Gasteiger partial charge in [-0.2, -0.15) is 13.2 Å². The number of furan rings is 1. The number of nitrogens with one attached hydrogen (secondary N) is 3. The summed E-state index contributed by atoms with van der Waals surface area (Å²) < 4.78 is 44.3. The SMILES string of the molecule is C=C.C=C(/C=C\C=C/C)C(CCCCNCCC(CC)NC(=O)c1occc1C)(C(=O)NCC(F)(F)F)C(/C=C\C)=C/C. The molecule has 0 aliphatic rings. The van der Waals surface area contributed by atoms with E-state index in [1.807, 2.05) is 26.8 Å². The largest absolute Gasteiger partial charge is 0.459 e. The molecule has 0 radical (unpaired) electrons. The van der Waals surface area contributed by atoms with Gasteiger partial charge in [-0.3, -0.25) is 9.59 Å². The maximum Gasteiger partial charge on any atom is 0.405 e. The summed E-state index contributed by atoms with van der Waals surface area (Å²) in [6.45, 7) is 19.3. The number of unbranched alkanes of at least 4 members (excludes halogenated alkanes) is 1. The van der Waals surface area contributed by atoms with E-state index in [4.69, 9.17) is 4.42 Å². The van der Waals surface area contributed by atoms with Crippen LogP contribution >= 0.6 is 0 Å². The highest BCUT2D eigenvalue weighted by Crippen LogP contribution is 2.42. The molecule has 2 unspecified atom stereocenters. The van der Waals surface area contributed by atoms with Crippen LogP contribution in [0.5, 0.6) is 0 Å². The van der Waals surface area contributed by atoms with Crippen molar-refractivity contribution in [3.8, 4) is 0 Å². The second-order valence-electron chi connectivity index (χ2n) is 9.86. The van der Waals surface area contributed by atoms with Crippen LogP contribution in [0.15, 0.2) is 90.2 Å². The van der Waals surface area contributed by atoms with Gasteiger partial charge in [-0.05, 0) is 83.7 Å². The van der Waals surface area contributed by atoms with Crippen molar-refractivity contribution in [1.82, 2.24) is 16.0 Å². The molecule has 0 aromatic carbocycles. The zero-order chi connectivity index (χ0) is 32.9. The smallest absolute Gasteiger partial charge is 0.405 e. The van der Waals surface area contributed by atoms with Gasteiger partial charge in [0.05, 0.1) is 11.7 Å². The zero-order valence-corrected chi connectivity index (χ0v) is 26.4. The topological polar surface area (TPSA) is 83.4 Å². The fraction of sp³-hybridized carbons (Fsp3) is 0.471. The molecule has 1 aromatic rings. The lowest BCUT2D eigenvalue weighted by Crippen LogP contribution is -2.46. The van der Waals surface area contributed by atoms with E-state index < -0.39 is 24.0 Å². The van der Waals surface area contributed by atoms with Crippen molar-refractivity contribution in [3.63, 3.8) is 0 Å². The first-order chi connectivity index (χ1) is 20.5. The molecule has 0 fully saturated rings. The lowest BCUT2D eigenvalue weighted by atomic mass is 9.69. The number of carbonyl (C=O) groups is 2. The Morgan fingerprint density at radius 2 is 1.74 bits per heavy atom. The number of rotatable bonds is 18. The predicted molar refractivity (Wildman–Crippen MR) is 171 cm³/mol. The van der Waals surface area contributed by atoms with Crippen molar-refractivity contribution in [3.05, 3.63) is 97.1 Å². The van der Waals surface area contributed by atoms with Gasteiger partial charge in [0.2, 0.25) is 5.91 Å². The third-order valence-corrected chi connectivity index (χ3v) is 6.86. The number of aryl methyl sites for hydroxylation is 1. The molecule has 2 amide bonds. The van der Waals surface area contributed by atoms with Crippen LogP contribution in [0.25, 0.3) is 0 Å². The van der Waals surface area contributed by atoms with Crippen molar-refractivity contribution < 1.29 is 27.2 Å². The molecule has 0 spiro atoms. The van der Waals surface area contributed by atoms with Gasteiger partial charge in [-0.15, -0.1) is 13.2 Å². The molecular formula is C34H50F3N3O3. The first-order valence-corrected chi connectivity index (χ1v) is 14.7. The summed E-state index contributed by atoms with van der Waals surface area (Å²) in [5.74, 6) is -0.638. The molecule has 1 rings (SSSR count). The van der Waals surface area contributed by atoms with Gasteiger partial charge in [0.25, 0.3) is 5.91 Å². The Kier molecular flexibility index (Phi) is 19.4. The van der Waals surface area contributed by atoms with E-state index in [-0.39, 0.29) is 18.4 Å². The van der Waals surface area contributed by atoms with E-state index in [0.29, 0.717) is 42.8 Å². The Labute approximate surface area is 256 Å². The fourth-order valence-corrected chi connectivity index (χ4v) is 4.58. The van der Waals surface area contributed by atoms with Crippen LogP contribution in [0, 0.1) is 12.3 Å². The number of hydrogen-bond donors (Lipinski definition) is 3. The van der Waals surface area contributed by atoms with Crippen molar-refractivity contribution in [2.45, 2.75) is 78.9 Å². The number of halogens is 3. The summed E-state index contributed by atoms with van der Waals surface area (Å²) in [5.41, 5.74) is 0.444. The molecule has 1 aromatic heterocycles. The summed E-state index contributed by atoms with van der Waals surface area (Å²) in [6.07, 6.45) is 12.3. The van der Waals surface area contributed by atoms with Crippen molar-refractivity contribution in [2.24, 2.45) is 5.41 Å². The second-order valence-corrected chi connectivity index (χ2v) is 9.86. The van der Waals surface area contributed by atoms with Gasteiger partial charge in [-0.25, -0.2) is 0 Å². The van der Waals surface area contributed by atoms with Gasteiger partial charge in [0, 0.05) is 11.6 Å². The Bertz CT molecular complexity index is 1120. The van der Waals surface area contributed by atoms with Gasteiger partial charge >= 0.3 is 6.18 Å². The summed E-state index contributed by atoms with van der Waals surface area (Å²) in [4.78, 5) is 25.9. The average Bonchev–Trinajstić information content (AvgIpc) is 3.42. The van der Waals surface area contributed by atoms with E-state index in [1.54, 1.807) is 56.4 Å². The first kappa shape index (κ1) is 39.4. The third kappa shape index (κ3) is 13.5. The lowest BCUT2D eigenvalue weighted by Gasteiger charge is -2.35. The Morgan fingerprint density at radius 1 is 1.05 bits per heavy atom. The standard InChI is InChI=1S/C32H46F3N3O3.C2H4/c1-7-11-12-16-25(6)31(26(9-3)15-8-2,30(40)37-23-32(33,34)35)19-13-14-20-36-21-17-27(10-4)38-29(39)28-24(5)18-22-41-28;1-2/h7-9,11-12,15-16,18,22,27,36H,6,10,13-14,17,19-21,23H2,1-5H3,(H,37,40)(H,38,39);1-2H2/b11-7-,15-8-,16-12-,26-9+;. The van der Waals surface area contributed by atoms with E-state index in [1.165, 1.54) is 6.26 Å². The molecule has 0 saturated heterocycles. The van der Waals surface area contributed by atoms with Crippen molar-refractivity contribution >= 4 is 11.8 Å². The minimum Gasteiger partial charge on any atom is -0.459 e. The Balaban J connectivity index is 0.00000862. The summed E-state index contributed by atoms with van der Waals surface area (Å²) >= 11 is 0. The first-order valence-electron chi connectivity index (χ1n) is 14.7. The molecule has 3 N–H and O–H groups in total. The number of amides is 2. The van der Waals surface area contributed by atoms with Crippen LogP contribution in [-0.2, 0) is 4.79 Å².